The van der Waals surface area contributed by atoms with E-state index in [0.29, 0.717) is 6.42 Å². The molecule has 0 fully saturated rings. The van der Waals surface area contributed by atoms with Crippen molar-refractivity contribution in [2.24, 2.45) is 0 Å². The maximum atomic E-state index is 11.4. The van der Waals surface area contributed by atoms with E-state index < -0.39 is 5.97 Å². The lowest BCUT2D eigenvalue weighted by Gasteiger charge is -2.07. The number of aliphatic carboxylic acids is 1. The summed E-state index contributed by atoms with van der Waals surface area (Å²) in [5, 5.41) is 11.4. The Balaban J connectivity index is 2.79. The number of hydrogen-bond acceptors (Lipinski definition) is 2. The molecule has 0 heterocycles. The van der Waals surface area contributed by atoms with Gasteiger partial charge in [-0.2, -0.15) is 0 Å². The van der Waals surface area contributed by atoms with Gasteiger partial charge in [0.1, 0.15) is 0 Å². The first-order valence-corrected chi connectivity index (χ1v) is 5.84. The summed E-state index contributed by atoms with van der Waals surface area (Å²) in [5.41, 5.74) is 2.48. The van der Waals surface area contributed by atoms with E-state index in [2.05, 4.69) is 5.32 Å². The molecule has 1 aromatic rings. The molecular weight excluding hydrogens is 230 g/mol. The normalized spacial score (nSPS) is 10.6. The van der Waals surface area contributed by atoms with Crippen molar-refractivity contribution in [1.82, 2.24) is 0 Å². The predicted octanol–water partition coefficient (Wildman–Crippen LogP) is 2.83. The van der Waals surface area contributed by atoms with Gasteiger partial charge in [0, 0.05) is 18.2 Å². The van der Waals surface area contributed by atoms with Crippen LogP contribution in [0.5, 0.6) is 0 Å². The van der Waals surface area contributed by atoms with Crippen LogP contribution in [0, 0.1) is 6.92 Å². The Kier molecular flexibility index (Phi) is 5.11. The van der Waals surface area contributed by atoms with Crippen molar-refractivity contribution in [2.75, 3.05) is 5.32 Å². The van der Waals surface area contributed by atoms with E-state index in [1.807, 2.05) is 19.9 Å². The van der Waals surface area contributed by atoms with Crippen LogP contribution in [0.3, 0.4) is 0 Å². The Morgan fingerprint density at radius 1 is 1.39 bits per heavy atom. The zero-order chi connectivity index (χ0) is 13.5. The summed E-state index contributed by atoms with van der Waals surface area (Å²) < 4.78 is 0. The molecule has 0 spiro atoms. The van der Waals surface area contributed by atoms with Crippen LogP contribution in [-0.2, 0) is 9.59 Å². The van der Waals surface area contributed by atoms with Crippen LogP contribution in [0.25, 0.3) is 6.08 Å². The van der Waals surface area contributed by atoms with Crippen molar-refractivity contribution >= 4 is 23.6 Å². The lowest BCUT2D eigenvalue weighted by molar-refractivity contribution is -0.131. The summed E-state index contributed by atoms with van der Waals surface area (Å²) in [6.07, 6.45) is 3.94. The minimum absolute atomic E-state index is 0.00859. The van der Waals surface area contributed by atoms with Crippen molar-refractivity contribution in [3.05, 3.63) is 35.4 Å². The summed E-state index contributed by atoms with van der Waals surface area (Å²) >= 11 is 0. The van der Waals surface area contributed by atoms with Crippen LogP contribution in [0.15, 0.2) is 24.3 Å². The number of aryl methyl sites for hydroxylation is 1. The Morgan fingerprint density at radius 3 is 2.67 bits per heavy atom. The highest BCUT2D eigenvalue weighted by Gasteiger charge is 2.02. The van der Waals surface area contributed by atoms with Gasteiger partial charge in [-0.25, -0.2) is 4.79 Å². The number of nitrogens with one attached hydrogen (secondary N) is 1. The third-order valence-electron chi connectivity index (χ3n) is 2.44. The quantitative estimate of drug-likeness (QED) is 0.786. The highest BCUT2D eigenvalue weighted by molar-refractivity contribution is 5.91. The van der Waals surface area contributed by atoms with Gasteiger partial charge in [0.05, 0.1) is 0 Å². The molecule has 0 saturated carbocycles. The average molecular weight is 247 g/mol. The Labute approximate surface area is 106 Å². The number of rotatable bonds is 5. The van der Waals surface area contributed by atoms with Crippen LogP contribution in [0.4, 0.5) is 5.69 Å². The van der Waals surface area contributed by atoms with Gasteiger partial charge in [0.25, 0.3) is 0 Å². The highest BCUT2D eigenvalue weighted by Crippen LogP contribution is 2.16. The van der Waals surface area contributed by atoms with E-state index in [1.54, 1.807) is 12.1 Å². The van der Waals surface area contributed by atoms with Gasteiger partial charge < -0.3 is 10.4 Å². The van der Waals surface area contributed by atoms with Crippen molar-refractivity contribution in [2.45, 2.75) is 26.7 Å². The number of carboxylic acid groups (broad SMARTS) is 1. The van der Waals surface area contributed by atoms with Gasteiger partial charge in [-0.3, -0.25) is 4.79 Å². The minimum atomic E-state index is -0.977. The lowest BCUT2D eigenvalue weighted by Crippen LogP contribution is -2.10. The summed E-state index contributed by atoms with van der Waals surface area (Å²) in [5.74, 6) is -0.986. The molecule has 0 atom stereocenters. The number of amides is 1. The van der Waals surface area contributed by atoms with Crippen molar-refractivity contribution in [3.63, 3.8) is 0 Å². The number of carbonyl (C=O) groups is 2. The van der Waals surface area contributed by atoms with Gasteiger partial charge in [0.15, 0.2) is 0 Å². The number of hydrogen-bond donors (Lipinski definition) is 2. The Morgan fingerprint density at radius 2 is 2.11 bits per heavy atom. The Bertz CT molecular complexity index is 478. The van der Waals surface area contributed by atoms with E-state index in [1.165, 1.54) is 6.08 Å². The third kappa shape index (κ3) is 4.41. The molecule has 0 radical (unpaired) electrons. The molecule has 0 aliphatic carbocycles. The smallest absolute Gasteiger partial charge is 0.328 e. The van der Waals surface area contributed by atoms with Crippen molar-refractivity contribution in [3.8, 4) is 0 Å². The molecule has 0 aliphatic heterocycles. The summed E-state index contributed by atoms with van der Waals surface area (Å²) in [4.78, 5) is 21.8. The van der Waals surface area contributed by atoms with Gasteiger partial charge >= 0.3 is 5.97 Å². The van der Waals surface area contributed by atoms with Gasteiger partial charge in [0.2, 0.25) is 5.91 Å². The molecule has 1 amide bonds. The molecule has 4 heteroatoms. The second-order valence-electron chi connectivity index (χ2n) is 4.04. The first-order valence-electron chi connectivity index (χ1n) is 5.84. The van der Waals surface area contributed by atoms with E-state index in [4.69, 9.17) is 5.11 Å². The van der Waals surface area contributed by atoms with Crippen molar-refractivity contribution in [1.29, 1.82) is 0 Å². The Hall–Kier alpha value is -2.10. The van der Waals surface area contributed by atoms with Crippen LogP contribution in [0.2, 0.25) is 0 Å². The molecule has 1 rings (SSSR count). The van der Waals surface area contributed by atoms with Crippen LogP contribution in [0.1, 0.15) is 30.9 Å². The monoisotopic (exact) mass is 247 g/mol. The fourth-order valence-electron chi connectivity index (χ4n) is 1.55. The second kappa shape index (κ2) is 6.59. The largest absolute Gasteiger partial charge is 0.478 e. The van der Waals surface area contributed by atoms with E-state index in [9.17, 15) is 9.59 Å². The van der Waals surface area contributed by atoms with Crippen LogP contribution >= 0.6 is 0 Å². The zero-order valence-electron chi connectivity index (χ0n) is 10.6. The SMILES string of the molecule is CCCC(=O)Nc1ccc(C=CC(=O)O)c(C)c1. The molecule has 0 saturated heterocycles. The molecule has 1 aromatic carbocycles. The molecule has 2 N–H and O–H groups in total. The van der Waals surface area contributed by atoms with Gasteiger partial charge in [-0.15, -0.1) is 0 Å². The molecule has 0 bridgehead atoms. The molecule has 18 heavy (non-hydrogen) atoms. The summed E-state index contributed by atoms with van der Waals surface area (Å²) in [6.45, 7) is 3.82. The summed E-state index contributed by atoms with van der Waals surface area (Å²) in [6, 6.07) is 5.38. The molecule has 96 valence electrons. The molecule has 0 aromatic heterocycles. The number of carbonyl (C=O) groups excluding carboxylic acids is 1. The molecule has 0 aliphatic rings. The second-order valence-corrected chi connectivity index (χ2v) is 4.04. The summed E-state index contributed by atoms with van der Waals surface area (Å²) in [7, 11) is 0. The average Bonchev–Trinajstić information content (AvgIpc) is 2.28. The predicted molar refractivity (Wildman–Crippen MR) is 71.4 cm³/mol. The standard InChI is InChI=1S/C14H17NO3/c1-3-4-13(16)15-12-7-5-11(10(2)9-12)6-8-14(17)18/h5-9H,3-4H2,1-2H3,(H,15,16)(H,17,18). The first-order chi connectivity index (χ1) is 8.52. The fraction of sp³-hybridized carbons (Fsp3) is 0.286. The maximum Gasteiger partial charge on any atom is 0.328 e. The number of carboxylic acids is 1. The third-order valence-corrected chi connectivity index (χ3v) is 2.44. The number of anilines is 1. The highest BCUT2D eigenvalue weighted by atomic mass is 16.4. The topological polar surface area (TPSA) is 66.4 Å². The lowest BCUT2D eigenvalue weighted by atomic mass is 10.1. The molecule has 4 nitrogen and oxygen atoms in total. The van der Waals surface area contributed by atoms with Crippen LogP contribution < -0.4 is 5.32 Å². The van der Waals surface area contributed by atoms with E-state index in [0.717, 1.165) is 29.3 Å². The minimum Gasteiger partial charge on any atom is -0.478 e. The fourth-order valence-corrected chi connectivity index (χ4v) is 1.55. The first kappa shape index (κ1) is 14.0. The number of benzene rings is 1. The van der Waals surface area contributed by atoms with E-state index in [-0.39, 0.29) is 5.91 Å². The van der Waals surface area contributed by atoms with Gasteiger partial charge in [-0.05, 0) is 42.7 Å². The van der Waals surface area contributed by atoms with Crippen LogP contribution in [-0.4, -0.2) is 17.0 Å². The van der Waals surface area contributed by atoms with E-state index >= 15 is 0 Å². The van der Waals surface area contributed by atoms with Gasteiger partial charge in [-0.1, -0.05) is 13.0 Å². The zero-order valence-corrected chi connectivity index (χ0v) is 10.6. The molecular formula is C14H17NO3. The maximum absolute atomic E-state index is 11.4. The van der Waals surface area contributed by atoms with Crippen molar-refractivity contribution < 1.29 is 14.7 Å². The molecule has 0 unspecified atom stereocenters.